The molecule has 0 radical (unpaired) electrons. The maximum Gasteiger partial charge on any atom is 0.0170 e. The van der Waals surface area contributed by atoms with E-state index >= 15 is 0 Å². The summed E-state index contributed by atoms with van der Waals surface area (Å²) in [7, 11) is 0. The van der Waals surface area contributed by atoms with Gasteiger partial charge in [0.15, 0.2) is 0 Å². The lowest BCUT2D eigenvalue weighted by Gasteiger charge is -2.08. The average Bonchev–Trinajstić information content (AvgIpc) is 2.29. The van der Waals surface area contributed by atoms with Crippen molar-refractivity contribution in [2.45, 2.75) is 33.1 Å². The van der Waals surface area contributed by atoms with Crippen LogP contribution in [0.2, 0.25) is 0 Å². The number of nitrogens with one attached hydrogen (secondary N) is 1. The Morgan fingerprint density at radius 2 is 1.92 bits per heavy atom. The van der Waals surface area contributed by atoms with Crippen LogP contribution in [0.5, 0.6) is 0 Å². The summed E-state index contributed by atoms with van der Waals surface area (Å²) in [6, 6.07) is 0. The molecule has 0 spiro atoms. The minimum absolute atomic E-state index is 0.848. The molecule has 2 rings (SSSR count). The van der Waals surface area contributed by atoms with E-state index in [1.165, 1.54) is 32.4 Å². The van der Waals surface area contributed by atoms with Gasteiger partial charge in [0.25, 0.3) is 0 Å². The SMILES string of the molecule is CC1CC(C)C2=C1CCCNC2. The van der Waals surface area contributed by atoms with Crippen LogP contribution in [-0.2, 0) is 0 Å². The molecule has 1 aliphatic heterocycles. The Morgan fingerprint density at radius 3 is 2.75 bits per heavy atom. The van der Waals surface area contributed by atoms with Crippen molar-refractivity contribution in [3.8, 4) is 0 Å². The molecule has 1 aliphatic carbocycles. The Bertz CT molecular complexity index is 185. The number of rotatable bonds is 0. The van der Waals surface area contributed by atoms with Crippen LogP contribution in [0.25, 0.3) is 0 Å². The third-order valence-corrected chi connectivity index (χ3v) is 3.42. The van der Waals surface area contributed by atoms with E-state index in [2.05, 4.69) is 19.2 Å². The molecule has 2 unspecified atom stereocenters. The summed E-state index contributed by atoms with van der Waals surface area (Å²) in [5.41, 5.74) is 3.52. The van der Waals surface area contributed by atoms with Crippen LogP contribution in [-0.4, -0.2) is 13.1 Å². The molecule has 0 saturated carbocycles. The second-order valence-electron chi connectivity index (χ2n) is 4.37. The molecule has 2 aliphatic rings. The Morgan fingerprint density at radius 1 is 1.17 bits per heavy atom. The van der Waals surface area contributed by atoms with E-state index in [-0.39, 0.29) is 0 Å². The van der Waals surface area contributed by atoms with Gasteiger partial charge in [-0.25, -0.2) is 0 Å². The molecule has 1 heteroatoms. The molecule has 68 valence electrons. The van der Waals surface area contributed by atoms with Crippen molar-refractivity contribution in [2.75, 3.05) is 13.1 Å². The maximum absolute atomic E-state index is 3.51. The molecule has 2 atom stereocenters. The summed E-state index contributed by atoms with van der Waals surface area (Å²) in [4.78, 5) is 0. The topological polar surface area (TPSA) is 12.0 Å². The fraction of sp³-hybridized carbons (Fsp3) is 0.818. The fourth-order valence-corrected chi connectivity index (χ4v) is 2.77. The number of allylic oxidation sites excluding steroid dienone is 1. The highest BCUT2D eigenvalue weighted by molar-refractivity contribution is 5.27. The van der Waals surface area contributed by atoms with Crippen LogP contribution in [0.15, 0.2) is 11.1 Å². The van der Waals surface area contributed by atoms with E-state index in [4.69, 9.17) is 0 Å². The van der Waals surface area contributed by atoms with E-state index < -0.39 is 0 Å². The molecule has 0 aromatic heterocycles. The maximum atomic E-state index is 3.51. The van der Waals surface area contributed by atoms with Crippen LogP contribution in [0.4, 0.5) is 0 Å². The minimum Gasteiger partial charge on any atom is -0.313 e. The van der Waals surface area contributed by atoms with Crippen molar-refractivity contribution in [1.29, 1.82) is 0 Å². The summed E-state index contributed by atoms with van der Waals surface area (Å²) < 4.78 is 0. The highest BCUT2D eigenvalue weighted by Gasteiger charge is 2.27. The van der Waals surface area contributed by atoms with E-state index in [9.17, 15) is 0 Å². The monoisotopic (exact) mass is 165 g/mol. The van der Waals surface area contributed by atoms with Crippen molar-refractivity contribution in [2.24, 2.45) is 11.8 Å². The van der Waals surface area contributed by atoms with Gasteiger partial charge in [-0.3, -0.25) is 0 Å². The minimum atomic E-state index is 0.848. The van der Waals surface area contributed by atoms with Crippen LogP contribution >= 0.6 is 0 Å². The molecule has 0 aromatic carbocycles. The second kappa shape index (κ2) is 3.21. The standard InChI is InChI=1S/C11H19N/c1-8-6-9(2)11-7-12-5-3-4-10(8)11/h8-9,12H,3-7H2,1-2H3. The average molecular weight is 165 g/mol. The van der Waals surface area contributed by atoms with Crippen LogP contribution in [0, 0.1) is 11.8 Å². The molecular weight excluding hydrogens is 146 g/mol. The van der Waals surface area contributed by atoms with Gasteiger partial charge >= 0.3 is 0 Å². The van der Waals surface area contributed by atoms with Gasteiger partial charge in [-0.2, -0.15) is 0 Å². The van der Waals surface area contributed by atoms with E-state index in [0.29, 0.717) is 0 Å². The summed E-state index contributed by atoms with van der Waals surface area (Å²) in [6.45, 7) is 7.16. The van der Waals surface area contributed by atoms with Gasteiger partial charge in [0, 0.05) is 6.54 Å². The van der Waals surface area contributed by atoms with Crippen molar-refractivity contribution in [1.82, 2.24) is 5.32 Å². The first-order valence-corrected chi connectivity index (χ1v) is 5.21. The zero-order valence-electron chi connectivity index (χ0n) is 8.19. The normalized spacial score (nSPS) is 36.5. The Kier molecular flexibility index (Phi) is 2.22. The first kappa shape index (κ1) is 8.31. The fourth-order valence-electron chi connectivity index (χ4n) is 2.77. The Hall–Kier alpha value is -0.300. The van der Waals surface area contributed by atoms with E-state index in [0.717, 1.165) is 11.8 Å². The molecule has 1 heterocycles. The molecule has 0 fully saturated rings. The third-order valence-electron chi connectivity index (χ3n) is 3.42. The Balaban J connectivity index is 2.21. The molecule has 0 saturated heterocycles. The van der Waals surface area contributed by atoms with Crippen molar-refractivity contribution in [3.05, 3.63) is 11.1 Å². The predicted octanol–water partition coefficient (Wildman–Crippen LogP) is 2.34. The lowest BCUT2D eigenvalue weighted by Crippen LogP contribution is -2.18. The van der Waals surface area contributed by atoms with Gasteiger partial charge in [-0.15, -0.1) is 0 Å². The molecule has 0 amide bonds. The molecule has 1 nitrogen and oxygen atoms in total. The second-order valence-corrected chi connectivity index (χ2v) is 4.37. The van der Waals surface area contributed by atoms with E-state index in [1.54, 1.807) is 11.1 Å². The van der Waals surface area contributed by atoms with Gasteiger partial charge in [-0.1, -0.05) is 25.0 Å². The quantitative estimate of drug-likeness (QED) is 0.543. The van der Waals surface area contributed by atoms with Gasteiger partial charge in [0.2, 0.25) is 0 Å². The van der Waals surface area contributed by atoms with Crippen LogP contribution in [0.3, 0.4) is 0 Å². The number of hydrogen-bond acceptors (Lipinski definition) is 1. The molecular formula is C11H19N. The largest absolute Gasteiger partial charge is 0.313 e. The smallest absolute Gasteiger partial charge is 0.0170 e. The molecule has 0 aromatic rings. The van der Waals surface area contributed by atoms with E-state index in [1.807, 2.05) is 0 Å². The molecule has 1 N–H and O–H groups in total. The lowest BCUT2D eigenvalue weighted by atomic mass is 9.99. The first-order chi connectivity index (χ1) is 5.79. The predicted molar refractivity (Wildman–Crippen MR) is 52.1 cm³/mol. The highest BCUT2D eigenvalue weighted by Crippen LogP contribution is 2.38. The van der Waals surface area contributed by atoms with Gasteiger partial charge < -0.3 is 5.32 Å². The first-order valence-electron chi connectivity index (χ1n) is 5.21. The molecule has 12 heavy (non-hydrogen) atoms. The van der Waals surface area contributed by atoms with Gasteiger partial charge in [0.05, 0.1) is 0 Å². The highest BCUT2D eigenvalue weighted by atomic mass is 14.9. The summed E-state index contributed by atoms with van der Waals surface area (Å²) >= 11 is 0. The summed E-state index contributed by atoms with van der Waals surface area (Å²) in [5, 5.41) is 3.51. The zero-order valence-corrected chi connectivity index (χ0v) is 8.19. The Labute approximate surface area is 75.2 Å². The summed E-state index contributed by atoms with van der Waals surface area (Å²) in [5.74, 6) is 1.72. The van der Waals surface area contributed by atoms with Crippen LogP contribution in [0.1, 0.15) is 33.1 Å². The summed E-state index contributed by atoms with van der Waals surface area (Å²) in [6.07, 6.45) is 4.09. The molecule has 0 bridgehead atoms. The van der Waals surface area contributed by atoms with Crippen molar-refractivity contribution < 1.29 is 0 Å². The number of hydrogen-bond donors (Lipinski definition) is 1. The zero-order chi connectivity index (χ0) is 8.55. The van der Waals surface area contributed by atoms with Crippen molar-refractivity contribution in [3.63, 3.8) is 0 Å². The third kappa shape index (κ3) is 1.31. The lowest BCUT2D eigenvalue weighted by molar-refractivity contribution is 0.534. The van der Waals surface area contributed by atoms with Crippen molar-refractivity contribution >= 4 is 0 Å². The van der Waals surface area contributed by atoms with Gasteiger partial charge in [0.1, 0.15) is 0 Å². The van der Waals surface area contributed by atoms with Crippen LogP contribution < -0.4 is 5.32 Å². The van der Waals surface area contributed by atoms with Gasteiger partial charge in [-0.05, 0) is 37.6 Å².